The summed E-state index contributed by atoms with van der Waals surface area (Å²) in [5.41, 5.74) is 1.40. The maximum Gasteiger partial charge on any atom is 0.305 e. The van der Waals surface area contributed by atoms with E-state index in [0.29, 0.717) is 24.9 Å². The van der Waals surface area contributed by atoms with Gasteiger partial charge < -0.3 is 14.2 Å². The number of hydrogen-bond donors (Lipinski definition) is 0. The molecule has 2 saturated carbocycles. The Kier molecular flexibility index (Phi) is 11.7. The lowest BCUT2D eigenvalue weighted by molar-refractivity contribution is -0.155. The molecule has 2 rings (SSSR count). The molecule has 6 heteroatoms. The molecule has 186 valence electrons. The number of unbranched alkanes of at least 4 members (excludes halogenated alkanes) is 4. The molecule has 0 amide bonds. The first-order valence-electron chi connectivity index (χ1n) is 12.7. The Morgan fingerprint density at radius 1 is 1.03 bits per heavy atom. The van der Waals surface area contributed by atoms with E-state index in [1.165, 1.54) is 25.8 Å². The summed E-state index contributed by atoms with van der Waals surface area (Å²) < 4.78 is 16.5. The molecule has 0 aromatic heterocycles. The number of carbonyl (C=O) groups is 3. The molecule has 0 heterocycles. The van der Waals surface area contributed by atoms with Crippen LogP contribution >= 0.6 is 0 Å². The van der Waals surface area contributed by atoms with Crippen molar-refractivity contribution in [2.75, 3.05) is 6.61 Å². The summed E-state index contributed by atoms with van der Waals surface area (Å²) >= 11 is 0. The molecule has 0 aromatic carbocycles. The van der Waals surface area contributed by atoms with Crippen LogP contribution in [0.5, 0.6) is 0 Å². The molecule has 33 heavy (non-hydrogen) atoms. The van der Waals surface area contributed by atoms with Gasteiger partial charge in [-0.25, -0.2) is 0 Å². The molecule has 0 aromatic rings. The Morgan fingerprint density at radius 2 is 1.82 bits per heavy atom. The molecule has 0 saturated heterocycles. The van der Waals surface area contributed by atoms with Crippen molar-refractivity contribution < 1.29 is 28.6 Å². The average molecular weight is 463 g/mol. The SMILES string of the molecule is CCCCC/C=C/[C@H](OC(C)=O)[C@@H]1[C@H]2C/C(=C/CCCC(=O)OCC)C[C@H]2C[C@H]1OC(C)=O. The minimum Gasteiger partial charge on any atom is -0.466 e. The van der Waals surface area contributed by atoms with Gasteiger partial charge in [-0.1, -0.05) is 37.5 Å². The van der Waals surface area contributed by atoms with Crippen LogP contribution in [0, 0.1) is 17.8 Å². The lowest BCUT2D eigenvalue weighted by Crippen LogP contribution is -2.36. The summed E-state index contributed by atoms with van der Waals surface area (Å²) in [7, 11) is 0. The number of ether oxygens (including phenoxy) is 3. The summed E-state index contributed by atoms with van der Waals surface area (Å²) in [6.45, 7) is 7.30. The predicted octanol–water partition coefficient (Wildman–Crippen LogP) is 5.69. The summed E-state index contributed by atoms with van der Waals surface area (Å²) in [4.78, 5) is 35.2. The highest BCUT2D eigenvalue weighted by atomic mass is 16.6. The highest BCUT2D eigenvalue weighted by Crippen LogP contribution is 2.52. The molecule has 0 bridgehead atoms. The fraction of sp³-hybridized carbons (Fsp3) is 0.741. The maximum absolute atomic E-state index is 11.9. The molecule has 0 aliphatic heterocycles. The molecule has 5 atom stereocenters. The Morgan fingerprint density at radius 3 is 2.48 bits per heavy atom. The molecule has 0 radical (unpaired) electrons. The fourth-order valence-corrected chi connectivity index (χ4v) is 5.41. The Bertz CT molecular complexity index is 709. The van der Waals surface area contributed by atoms with Crippen LogP contribution in [0.25, 0.3) is 0 Å². The van der Waals surface area contributed by atoms with Crippen molar-refractivity contribution in [1.29, 1.82) is 0 Å². The topological polar surface area (TPSA) is 78.9 Å². The van der Waals surface area contributed by atoms with Crippen LogP contribution in [0.3, 0.4) is 0 Å². The first-order valence-corrected chi connectivity index (χ1v) is 12.7. The van der Waals surface area contributed by atoms with Gasteiger partial charge in [-0.3, -0.25) is 14.4 Å². The summed E-state index contributed by atoms with van der Waals surface area (Å²) in [5, 5.41) is 0. The third kappa shape index (κ3) is 8.98. The summed E-state index contributed by atoms with van der Waals surface area (Å²) in [6.07, 6.45) is 15.0. The number of rotatable bonds is 13. The summed E-state index contributed by atoms with van der Waals surface area (Å²) in [6, 6.07) is 0. The summed E-state index contributed by atoms with van der Waals surface area (Å²) in [5.74, 6) is -0.0317. The van der Waals surface area contributed by atoms with Gasteiger partial charge in [0.2, 0.25) is 0 Å². The van der Waals surface area contributed by atoms with Crippen LogP contribution in [0.15, 0.2) is 23.8 Å². The van der Waals surface area contributed by atoms with Crippen LogP contribution < -0.4 is 0 Å². The quantitative estimate of drug-likeness (QED) is 0.151. The molecule has 6 nitrogen and oxygen atoms in total. The minimum absolute atomic E-state index is 0.0318. The van der Waals surface area contributed by atoms with Crippen molar-refractivity contribution >= 4 is 17.9 Å². The van der Waals surface area contributed by atoms with Crippen molar-refractivity contribution in [3.05, 3.63) is 23.8 Å². The molecule has 2 aliphatic rings. The Hall–Kier alpha value is -2.11. The van der Waals surface area contributed by atoms with Gasteiger partial charge in [-0.2, -0.15) is 0 Å². The smallest absolute Gasteiger partial charge is 0.305 e. The van der Waals surface area contributed by atoms with E-state index in [1.54, 1.807) is 0 Å². The molecular formula is C27H42O6. The molecule has 0 unspecified atom stereocenters. The third-order valence-electron chi connectivity index (χ3n) is 6.71. The molecule has 0 N–H and O–H groups in total. The third-order valence-corrected chi connectivity index (χ3v) is 6.71. The van der Waals surface area contributed by atoms with E-state index in [4.69, 9.17) is 14.2 Å². The van der Waals surface area contributed by atoms with E-state index in [1.807, 2.05) is 13.0 Å². The standard InChI is InChI=1S/C27H42O6/c1-5-7-8-9-10-14-24(32-19(3)28)27-23-17-21(13-11-12-15-26(30)31-6-2)16-22(23)18-25(27)33-20(4)29/h10,13-14,22-25,27H,5-9,11-12,15-18H2,1-4H3/b14-10+,21-13+/t22-,23-,24-,25+,27-/m0/s1. The van der Waals surface area contributed by atoms with Crippen molar-refractivity contribution in [2.24, 2.45) is 17.8 Å². The monoisotopic (exact) mass is 462 g/mol. The van der Waals surface area contributed by atoms with Gasteiger partial charge in [0.25, 0.3) is 0 Å². The van der Waals surface area contributed by atoms with E-state index in [2.05, 4.69) is 19.1 Å². The second-order valence-corrected chi connectivity index (χ2v) is 9.35. The van der Waals surface area contributed by atoms with Crippen LogP contribution in [-0.2, 0) is 28.6 Å². The second-order valence-electron chi connectivity index (χ2n) is 9.35. The minimum atomic E-state index is -0.383. The Balaban J connectivity index is 2.07. The van der Waals surface area contributed by atoms with Crippen molar-refractivity contribution in [3.63, 3.8) is 0 Å². The molecular weight excluding hydrogens is 420 g/mol. The average Bonchev–Trinajstić information content (AvgIpc) is 3.26. The van der Waals surface area contributed by atoms with Crippen molar-refractivity contribution in [3.8, 4) is 0 Å². The van der Waals surface area contributed by atoms with Crippen LogP contribution in [0.1, 0.15) is 91.9 Å². The van der Waals surface area contributed by atoms with Gasteiger partial charge in [0.15, 0.2) is 0 Å². The number of allylic oxidation sites excluding steroid dienone is 3. The van der Waals surface area contributed by atoms with Gasteiger partial charge in [-0.05, 0) is 69.8 Å². The van der Waals surface area contributed by atoms with E-state index in [0.717, 1.165) is 51.4 Å². The number of esters is 3. The van der Waals surface area contributed by atoms with Gasteiger partial charge in [0.05, 0.1) is 6.61 Å². The van der Waals surface area contributed by atoms with Crippen molar-refractivity contribution in [1.82, 2.24) is 0 Å². The zero-order valence-electron chi connectivity index (χ0n) is 20.8. The lowest BCUT2D eigenvalue weighted by Gasteiger charge is -2.29. The van der Waals surface area contributed by atoms with E-state index >= 15 is 0 Å². The van der Waals surface area contributed by atoms with Crippen LogP contribution in [0.4, 0.5) is 0 Å². The largest absolute Gasteiger partial charge is 0.466 e. The van der Waals surface area contributed by atoms with Gasteiger partial charge in [-0.15, -0.1) is 0 Å². The fourth-order valence-electron chi connectivity index (χ4n) is 5.41. The number of carbonyl (C=O) groups excluding carboxylic acids is 3. The highest BCUT2D eigenvalue weighted by molar-refractivity contribution is 5.69. The molecule has 2 aliphatic carbocycles. The van der Waals surface area contributed by atoms with E-state index in [9.17, 15) is 14.4 Å². The first kappa shape index (κ1) is 27.1. The van der Waals surface area contributed by atoms with Crippen LogP contribution in [-0.4, -0.2) is 36.7 Å². The molecule has 2 fully saturated rings. The van der Waals surface area contributed by atoms with Crippen molar-refractivity contribution in [2.45, 2.75) is 104 Å². The van der Waals surface area contributed by atoms with E-state index in [-0.39, 0.29) is 36.0 Å². The zero-order valence-corrected chi connectivity index (χ0v) is 20.8. The Labute approximate surface area is 199 Å². The number of hydrogen-bond acceptors (Lipinski definition) is 6. The predicted molar refractivity (Wildman–Crippen MR) is 127 cm³/mol. The number of fused-ring (bicyclic) bond motifs is 1. The zero-order chi connectivity index (χ0) is 24.2. The highest BCUT2D eigenvalue weighted by Gasteiger charge is 2.51. The normalized spacial score (nSPS) is 26.4. The van der Waals surface area contributed by atoms with E-state index < -0.39 is 0 Å². The maximum atomic E-state index is 11.9. The van der Waals surface area contributed by atoms with Gasteiger partial charge in [0.1, 0.15) is 12.2 Å². The lowest BCUT2D eigenvalue weighted by atomic mass is 9.86. The second kappa shape index (κ2) is 14.2. The van der Waals surface area contributed by atoms with Gasteiger partial charge in [0, 0.05) is 26.2 Å². The van der Waals surface area contributed by atoms with Crippen LogP contribution in [0.2, 0.25) is 0 Å². The van der Waals surface area contributed by atoms with Gasteiger partial charge >= 0.3 is 17.9 Å². The molecule has 0 spiro atoms. The first-order chi connectivity index (χ1) is 15.8.